The number of hydrogen-bond donors (Lipinski definition) is 2. The summed E-state index contributed by atoms with van der Waals surface area (Å²) in [5.41, 5.74) is 2.03. The molecule has 0 unspecified atom stereocenters. The second-order valence-corrected chi connectivity index (χ2v) is 8.61. The zero-order chi connectivity index (χ0) is 23.0. The molecule has 7 heteroatoms. The number of carbonyl (C=O) groups excluding carboxylic acids is 1. The van der Waals surface area contributed by atoms with Crippen LogP contribution < -0.4 is 15.4 Å². The number of likely N-dealkylation sites (tertiary alicyclic amines) is 1. The highest BCUT2D eigenvalue weighted by Crippen LogP contribution is 2.27. The van der Waals surface area contributed by atoms with Crippen LogP contribution in [-0.4, -0.2) is 47.5 Å². The van der Waals surface area contributed by atoms with Crippen LogP contribution in [0.4, 0.5) is 16.3 Å². The second-order valence-electron chi connectivity index (χ2n) is 8.61. The van der Waals surface area contributed by atoms with Crippen LogP contribution in [0, 0.1) is 0 Å². The molecular weight excluding hydrogens is 414 g/mol. The van der Waals surface area contributed by atoms with E-state index in [1.54, 1.807) is 13.3 Å². The Hall–Kier alpha value is -3.32. The molecule has 0 radical (unpaired) electrons. The number of carbonyl (C=O) groups is 1. The first kappa shape index (κ1) is 22.9. The molecule has 2 aromatic carbocycles. The van der Waals surface area contributed by atoms with E-state index in [9.17, 15) is 4.79 Å². The standard InChI is InChI=1S/C26H33N5O2/c1-20(21-8-4-3-5-9-21)13-17-30-18-14-22(15-19-30)31-25(12-16-27-31)29-26(32)28-23-10-6-7-11-24(23)33-2/h3-12,16,20,22H,13-15,17-19H2,1-2H3,(H2,28,29,32)/t20-/m0/s1. The number of rotatable bonds is 8. The maximum atomic E-state index is 12.6. The lowest BCUT2D eigenvalue weighted by atomic mass is 9.97. The van der Waals surface area contributed by atoms with E-state index in [1.807, 2.05) is 35.0 Å². The molecule has 0 saturated carbocycles. The minimum absolute atomic E-state index is 0.282. The van der Waals surface area contributed by atoms with Gasteiger partial charge in [-0.05, 0) is 49.4 Å². The van der Waals surface area contributed by atoms with Gasteiger partial charge in [-0.2, -0.15) is 5.10 Å². The third-order valence-corrected chi connectivity index (χ3v) is 6.42. The van der Waals surface area contributed by atoms with Gasteiger partial charge in [0.25, 0.3) is 0 Å². The number of hydrogen-bond acceptors (Lipinski definition) is 4. The monoisotopic (exact) mass is 447 g/mol. The van der Waals surface area contributed by atoms with Gasteiger partial charge in [-0.1, -0.05) is 49.4 Å². The molecule has 2 heterocycles. The highest BCUT2D eigenvalue weighted by atomic mass is 16.5. The van der Waals surface area contributed by atoms with Crippen molar-refractivity contribution in [1.29, 1.82) is 0 Å². The summed E-state index contributed by atoms with van der Waals surface area (Å²) in [6, 6.07) is 19.9. The van der Waals surface area contributed by atoms with Crippen LogP contribution in [0.15, 0.2) is 66.9 Å². The minimum atomic E-state index is -0.311. The SMILES string of the molecule is COc1ccccc1NC(=O)Nc1ccnn1C1CCN(CC[C@H](C)c2ccccc2)CC1. The number of nitrogens with zero attached hydrogens (tertiary/aromatic N) is 3. The zero-order valence-electron chi connectivity index (χ0n) is 19.4. The predicted octanol–water partition coefficient (Wildman–Crippen LogP) is 5.37. The fourth-order valence-electron chi connectivity index (χ4n) is 4.43. The molecule has 1 aliphatic heterocycles. The molecule has 1 saturated heterocycles. The van der Waals surface area contributed by atoms with Crippen LogP contribution in [-0.2, 0) is 0 Å². The Morgan fingerprint density at radius 1 is 1.06 bits per heavy atom. The highest BCUT2D eigenvalue weighted by Gasteiger charge is 2.23. The summed E-state index contributed by atoms with van der Waals surface area (Å²) in [5.74, 6) is 1.89. The number of piperidine rings is 1. The van der Waals surface area contributed by atoms with Crippen molar-refractivity contribution in [2.75, 3.05) is 37.4 Å². The average Bonchev–Trinajstić information content (AvgIpc) is 3.31. The van der Waals surface area contributed by atoms with Crippen molar-refractivity contribution >= 4 is 17.5 Å². The first-order valence-corrected chi connectivity index (χ1v) is 11.7. The lowest BCUT2D eigenvalue weighted by Crippen LogP contribution is -2.36. The minimum Gasteiger partial charge on any atom is -0.495 e. The topological polar surface area (TPSA) is 71.4 Å². The van der Waals surface area contributed by atoms with Gasteiger partial charge in [-0.3, -0.25) is 5.32 Å². The van der Waals surface area contributed by atoms with Gasteiger partial charge in [0, 0.05) is 19.2 Å². The van der Waals surface area contributed by atoms with E-state index in [1.165, 1.54) is 5.56 Å². The molecular formula is C26H33N5O2. The smallest absolute Gasteiger partial charge is 0.324 e. The third-order valence-electron chi connectivity index (χ3n) is 6.42. The summed E-state index contributed by atoms with van der Waals surface area (Å²) in [6.07, 6.45) is 4.94. The Morgan fingerprint density at radius 3 is 2.55 bits per heavy atom. The van der Waals surface area contributed by atoms with E-state index in [0.717, 1.165) is 38.9 Å². The summed E-state index contributed by atoms with van der Waals surface area (Å²) in [6.45, 7) is 5.49. The van der Waals surface area contributed by atoms with Crippen molar-refractivity contribution in [1.82, 2.24) is 14.7 Å². The van der Waals surface area contributed by atoms with Crippen LogP contribution in [0.2, 0.25) is 0 Å². The van der Waals surface area contributed by atoms with Gasteiger partial charge in [0.15, 0.2) is 0 Å². The lowest BCUT2D eigenvalue weighted by Gasteiger charge is -2.33. The van der Waals surface area contributed by atoms with Crippen molar-refractivity contribution in [2.24, 2.45) is 0 Å². The molecule has 7 nitrogen and oxygen atoms in total. The maximum absolute atomic E-state index is 12.6. The van der Waals surface area contributed by atoms with Gasteiger partial charge in [-0.15, -0.1) is 0 Å². The number of urea groups is 1. The van der Waals surface area contributed by atoms with Crippen molar-refractivity contribution in [2.45, 2.75) is 38.1 Å². The van der Waals surface area contributed by atoms with Crippen LogP contribution in [0.25, 0.3) is 0 Å². The average molecular weight is 448 g/mol. The van der Waals surface area contributed by atoms with E-state index >= 15 is 0 Å². The van der Waals surface area contributed by atoms with Crippen molar-refractivity contribution in [3.8, 4) is 5.75 Å². The van der Waals surface area contributed by atoms with E-state index in [-0.39, 0.29) is 12.1 Å². The Labute approximate surface area is 195 Å². The fraction of sp³-hybridized carbons (Fsp3) is 0.385. The molecule has 4 rings (SSSR count). The molecule has 1 atom stereocenters. The second kappa shape index (κ2) is 11.0. The van der Waals surface area contributed by atoms with Gasteiger partial charge in [0.2, 0.25) is 0 Å². The Bertz CT molecular complexity index is 1030. The summed E-state index contributed by atoms with van der Waals surface area (Å²) >= 11 is 0. The quantitative estimate of drug-likeness (QED) is 0.487. The molecule has 33 heavy (non-hydrogen) atoms. The summed E-state index contributed by atoms with van der Waals surface area (Å²) < 4.78 is 7.26. The Kier molecular flexibility index (Phi) is 7.62. The number of amides is 2. The molecule has 0 aliphatic carbocycles. The first-order chi connectivity index (χ1) is 16.1. The number of para-hydroxylation sites is 2. The number of methoxy groups -OCH3 is 1. The largest absolute Gasteiger partial charge is 0.495 e. The number of aromatic nitrogens is 2. The number of ether oxygens (including phenoxy) is 1. The normalized spacial score (nSPS) is 15.7. The lowest BCUT2D eigenvalue weighted by molar-refractivity contribution is 0.177. The van der Waals surface area contributed by atoms with Gasteiger partial charge >= 0.3 is 6.03 Å². The van der Waals surface area contributed by atoms with Gasteiger partial charge in [-0.25, -0.2) is 9.48 Å². The molecule has 1 aromatic heterocycles. The zero-order valence-corrected chi connectivity index (χ0v) is 19.4. The van der Waals surface area contributed by atoms with E-state index in [2.05, 4.69) is 57.9 Å². The molecule has 0 bridgehead atoms. The Morgan fingerprint density at radius 2 is 1.79 bits per heavy atom. The summed E-state index contributed by atoms with van der Waals surface area (Å²) in [5, 5.41) is 10.3. The highest BCUT2D eigenvalue weighted by molar-refractivity contribution is 6.00. The Balaban J connectivity index is 1.27. The van der Waals surface area contributed by atoms with Crippen LogP contribution in [0.5, 0.6) is 5.75 Å². The summed E-state index contributed by atoms with van der Waals surface area (Å²) in [4.78, 5) is 15.1. The van der Waals surface area contributed by atoms with Crippen LogP contribution >= 0.6 is 0 Å². The maximum Gasteiger partial charge on any atom is 0.324 e. The third kappa shape index (κ3) is 5.93. The van der Waals surface area contributed by atoms with Gasteiger partial charge in [0.05, 0.1) is 25.0 Å². The number of anilines is 2. The molecule has 1 fully saturated rings. The molecule has 2 amide bonds. The fourth-order valence-corrected chi connectivity index (χ4v) is 4.43. The van der Waals surface area contributed by atoms with Crippen molar-refractivity contribution < 1.29 is 9.53 Å². The van der Waals surface area contributed by atoms with Crippen molar-refractivity contribution in [3.63, 3.8) is 0 Å². The molecule has 174 valence electrons. The first-order valence-electron chi connectivity index (χ1n) is 11.7. The molecule has 0 spiro atoms. The molecule has 1 aliphatic rings. The van der Waals surface area contributed by atoms with Gasteiger partial charge in [0.1, 0.15) is 11.6 Å². The van der Waals surface area contributed by atoms with Crippen LogP contribution in [0.1, 0.15) is 43.7 Å². The van der Waals surface area contributed by atoms with Gasteiger partial charge < -0.3 is 15.0 Å². The predicted molar refractivity (Wildman–Crippen MR) is 132 cm³/mol. The molecule has 3 aromatic rings. The number of benzene rings is 2. The van der Waals surface area contributed by atoms with E-state index in [4.69, 9.17) is 4.74 Å². The molecule has 2 N–H and O–H groups in total. The van der Waals surface area contributed by atoms with E-state index < -0.39 is 0 Å². The van der Waals surface area contributed by atoms with Crippen LogP contribution in [0.3, 0.4) is 0 Å². The van der Waals surface area contributed by atoms with E-state index in [0.29, 0.717) is 23.2 Å². The number of nitrogens with one attached hydrogen (secondary N) is 2. The van der Waals surface area contributed by atoms with Crippen molar-refractivity contribution in [3.05, 3.63) is 72.4 Å². The summed E-state index contributed by atoms with van der Waals surface area (Å²) in [7, 11) is 1.59.